The molecule has 30 heavy (non-hydrogen) atoms. The van der Waals surface area contributed by atoms with Crippen molar-refractivity contribution < 1.29 is 0 Å². The summed E-state index contributed by atoms with van der Waals surface area (Å²) in [4.78, 5) is 9.44. The Kier molecular flexibility index (Phi) is 6.65. The number of hydrogen-bond donors (Lipinski definition) is 3. The maximum Gasteiger partial charge on any atom is 0.126 e. The minimum atomic E-state index is 0.348. The highest BCUT2D eigenvalue weighted by atomic mass is 79.9. The van der Waals surface area contributed by atoms with Crippen molar-refractivity contribution in [2.75, 3.05) is 10.6 Å². The highest BCUT2D eigenvalue weighted by Crippen LogP contribution is 2.27. The molecule has 1 aliphatic rings. The summed E-state index contributed by atoms with van der Waals surface area (Å²) < 4.78 is 1.08. The highest BCUT2D eigenvalue weighted by Gasteiger charge is 2.19. The van der Waals surface area contributed by atoms with Crippen LogP contribution in [0.3, 0.4) is 0 Å². The minimum Gasteiger partial charge on any atom is -0.367 e. The Hall–Kier alpha value is -2.44. The Bertz CT molecular complexity index is 998. The quantitative estimate of drug-likeness (QED) is 0.447. The van der Waals surface area contributed by atoms with Gasteiger partial charge in [-0.2, -0.15) is 0 Å². The molecule has 2 heterocycles. The van der Waals surface area contributed by atoms with Gasteiger partial charge in [-0.05, 0) is 74.1 Å². The number of aryl methyl sites for hydroxylation is 1. The molecule has 3 aromatic rings. The smallest absolute Gasteiger partial charge is 0.126 e. The van der Waals surface area contributed by atoms with Gasteiger partial charge in [0.15, 0.2) is 0 Å². The second-order valence-corrected chi connectivity index (χ2v) is 8.95. The maximum atomic E-state index is 6.03. The van der Waals surface area contributed by atoms with Crippen molar-refractivity contribution in [3.63, 3.8) is 0 Å². The Morgan fingerprint density at radius 2 is 1.83 bits per heavy atom. The summed E-state index contributed by atoms with van der Waals surface area (Å²) in [7, 11) is 0. The number of nitrogens with zero attached hydrogens (tertiary/aromatic N) is 2. The summed E-state index contributed by atoms with van der Waals surface area (Å²) in [5.74, 6) is 1.77. The van der Waals surface area contributed by atoms with E-state index in [-0.39, 0.29) is 0 Å². The Balaban J connectivity index is 1.48. The van der Waals surface area contributed by atoms with Crippen molar-refractivity contribution in [1.29, 1.82) is 0 Å². The third kappa shape index (κ3) is 5.37. The average Bonchev–Trinajstić information content (AvgIpc) is 2.75. The molecule has 0 unspecified atom stereocenters. The second-order valence-electron chi connectivity index (χ2n) is 8.03. The number of benzene rings is 1. The summed E-state index contributed by atoms with van der Waals surface area (Å²) in [6.45, 7) is 2.80. The van der Waals surface area contributed by atoms with Crippen molar-refractivity contribution in [2.45, 2.75) is 51.2 Å². The third-order valence-electron chi connectivity index (χ3n) is 5.61. The molecule has 0 spiro atoms. The molecule has 2 aromatic heterocycles. The van der Waals surface area contributed by atoms with Gasteiger partial charge in [-0.3, -0.25) is 0 Å². The first-order valence-corrected chi connectivity index (χ1v) is 11.3. The standard InChI is InChI=1S/C24H28BrN5/c1-16-14-27-24(29-20-10-8-19(26)9-11-20)13-21(16)22-6-3-7-23(30-22)28-15-17-4-2-5-18(25)12-17/h2-7,12-14,19-20H,8-11,15,26H2,1H3,(H,27,29)(H,28,30). The number of aromatic nitrogens is 2. The van der Waals surface area contributed by atoms with Crippen LogP contribution >= 0.6 is 15.9 Å². The lowest BCUT2D eigenvalue weighted by Gasteiger charge is -2.27. The van der Waals surface area contributed by atoms with E-state index >= 15 is 0 Å². The number of anilines is 2. The zero-order valence-corrected chi connectivity index (χ0v) is 18.8. The van der Waals surface area contributed by atoms with E-state index in [4.69, 9.17) is 10.7 Å². The first-order valence-electron chi connectivity index (χ1n) is 10.5. The van der Waals surface area contributed by atoms with E-state index in [1.54, 1.807) is 0 Å². The number of pyridine rings is 2. The van der Waals surface area contributed by atoms with Crippen LogP contribution < -0.4 is 16.4 Å². The van der Waals surface area contributed by atoms with E-state index in [0.717, 1.165) is 65.2 Å². The van der Waals surface area contributed by atoms with Crippen LogP contribution in [0.2, 0.25) is 0 Å². The molecule has 5 nitrogen and oxygen atoms in total. The van der Waals surface area contributed by atoms with E-state index in [9.17, 15) is 0 Å². The average molecular weight is 466 g/mol. The van der Waals surface area contributed by atoms with E-state index in [2.05, 4.69) is 62.7 Å². The van der Waals surface area contributed by atoms with Gasteiger partial charge in [0, 0.05) is 34.9 Å². The lowest BCUT2D eigenvalue weighted by molar-refractivity contribution is 0.410. The van der Waals surface area contributed by atoms with Crippen molar-refractivity contribution in [3.05, 3.63) is 70.3 Å². The monoisotopic (exact) mass is 465 g/mol. The molecule has 0 atom stereocenters. The van der Waals surface area contributed by atoms with Gasteiger partial charge < -0.3 is 16.4 Å². The Labute approximate surface area is 186 Å². The largest absolute Gasteiger partial charge is 0.367 e. The number of nitrogens with two attached hydrogens (primary N) is 1. The minimum absolute atomic E-state index is 0.348. The van der Waals surface area contributed by atoms with Crippen molar-refractivity contribution in [3.8, 4) is 11.3 Å². The molecule has 0 bridgehead atoms. The van der Waals surface area contributed by atoms with Gasteiger partial charge in [0.25, 0.3) is 0 Å². The van der Waals surface area contributed by atoms with E-state index in [0.29, 0.717) is 12.1 Å². The topological polar surface area (TPSA) is 75.9 Å². The number of rotatable bonds is 6. The van der Waals surface area contributed by atoms with E-state index in [1.807, 2.05) is 30.5 Å². The van der Waals surface area contributed by atoms with E-state index in [1.165, 1.54) is 5.56 Å². The van der Waals surface area contributed by atoms with Gasteiger partial charge in [-0.25, -0.2) is 9.97 Å². The SMILES string of the molecule is Cc1cnc(NC2CCC(N)CC2)cc1-c1cccc(NCc2cccc(Br)c2)n1. The fourth-order valence-electron chi connectivity index (χ4n) is 3.87. The molecular formula is C24H28BrN5. The molecule has 4 N–H and O–H groups in total. The molecule has 4 rings (SSSR count). The first-order chi connectivity index (χ1) is 14.6. The third-order valence-corrected chi connectivity index (χ3v) is 6.11. The fraction of sp³-hybridized carbons (Fsp3) is 0.333. The molecule has 0 aliphatic heterocycles. The van der Waals surface area contributed by atoms with Crippen molar-refractivity contribution >= 4 is 27.6 Å². The molecule has 0 saturated heterocycles. The molecule has 1 saturated carbocycles. The van der Waals surface area contributed by atoms with Crippen LogP contribution in [-0.2, 0) is 6.54 Å². The zero-order valence-electron chi connectivity index (χ0n) is 17.2. The summed E-state index contributed by atoms with van der Waals surface area (Å²) in [6.07, 6.45) is 6.27. The summed E-state index contributed by atoms with van der Waals surface area (Å²) >= 11 is 3.52. The van der Waals surface area contributed by atoms with Crippen LogP contribution in [0, 0.1) is 6.92 Å². The zero-order chi connectivity index (χ0) is 20.9. The molecule has 156 valence electrons. The van der Waals surface area contributed by atoms with Crippen LogP contribution in [0.5, 0.6) is 0 Å². The second kappa shape index (κ2) is 9.58. The van der Waals surface area contributed by atoms with Crippen LogP contribution in [0.15, 0.2) is 59.2 Å². The fourth-order valence-corrected chi connectivity index (χ4v) is 4.32. The van der Waals surface area contributed by atoms with Crippen LogP contribution in [0.1, 0.15) is 36.8 Å². The van der Waals surface area contributed by atoms with Crippen molar-refractivity contribution in [1.82, 2.24) is 9.97 Å². The van der Waals surface area contributed by atoms with Crippen LogP contribution in [0.4, 0.5) is 11.6 Å². The lowest BCUT2D eigenvalue weighted by Crippen LogP contribution is -2.33. The van der Waals surface area contributed by atoms with Gasteiger partial charge in [0.05, 0.1) is 5.69 Å². The summed E-state index contributed by atoms with van der Waals surface area (Å²) in [6, 6.07) is 17.3. The van der Waals surface area contributed by atoms with Gasteiger partial charge >= 0.3 is 0 Å². The van der Waals surface area contributed by atoms with Gasteiger partial charge in [0.1, 0.15) is 11.6 Å². The predicted octanol–water partition coefficient (Wildman–Crippen LogP) is 5.51. The van der Waals surface area contributed by atoms with Crippen molar-refractivity contribution in [2.24, 2.45) is 5.73 Å². The first kappa shape index (κ1) is 20.8. The normalized spacial score (nSPS) is 18.8. The van der Waals surface area contributed by atoms with Crippen LogP contribution in [0.25, 0.3) is 11.3 Å². The summed E-state index contributed by atoms with van der Waals surface area (Å²) in [5.41, 5.74) is 10.4. The van der Waals surface area contributed by atoms with Crippen LogP contribution in [-0.4, -0.2) is 22.1 Å². The molecule has 0 amide bonds. The number of hydrogen-bond acceptors (Lipinski definition) is 5. The molecule has 0 radical (unpaired) electrons. The summed E-state index contributed by atoms with van der Waals surface area (Å²) in [5, 5.41) is 7.02. The number of halogens is 1. The predicted molar refractivity (Wildman–Crippen MR) is 128 cm³/mol. The molecule has 6 heteroatoms. The Morgan fingerprint density at radius 1 is 1.03 bits per heavy atom. The van der Waals surface area contributed by atoms with E-state index < -0.39 is 0 Å². The highest BCUT2D eigenvalue weighted by molar-refractivity contribution is 9.10. The Morgan fingerprint density at radius 3 is 2.63 bits per heavy atom. The lowest BCUT2D eigenvalue weighted by atomic mass is 9.92. The molecule has 1 aromatic carbocycles. The van der Waals surface area contributed by atoms with Gasteiger partial charge in [-0.15, -0.1) is 0 Å². The molecule has 1 fully saturated rings. The maximum absolute atomic E-state index is 6.03. The number of nitrogens with one attached hydrogen (secondary N) is 2. The van der Waals surface area contributed by atoms with Gasteiger partial charge in [-0.1, -0.05) is 34.1 Å². The van der Waals surface area contributed by atoms with Gasteiger partial charge in [0.2, 0.25) is 0 Å². The molecule has 1 aliphatic carbocycles. The molecular weight excluding hydrogens is 438 g/mol.